The second kappa shape index (κ2) is 7.19. The summed E-state index contributed by atoms with van der Waals surface area (Å²) in [5.74, 6) is 0.556. The van der Waals surface area contributed by atoms with Gasteiger partial charge in [-0.3, -0.25) is 4.90 Å². The molecule has 144 valence electrons. The third-order valence-electron chi connectivity index (χ3n) is 5.30. The maximum atomic E-state index is 12.7. The topological polar surface area (TPSA) is 69.7 Å². The molecule has 2 fully saturated rings. The van der Waals surface area contributed by atoms with Crippen molar-refractivity contribution < 1.29 is 13.2 Å². The first-order valence-corrected chi connectivity index (χ1v) is 11.1. The van der Waals surface area contributed by atoms with Crippen molar-refractivity contribution in [1.29, 1.82) is 0 Å². The van der Waals surface area contributed by atoms with Crippen molar-refractivity contribution in [3.8, 4) is 0 Å². The summed E-state index contributed by atoms with van der Waals surface area (Å²) in [5, 5.41) is 3.06. The molecule has 3 rings (SSSR count). The first-order chi connectivity index (χ1) is 12.2. The van der Waals surface area contributed by atoms with Crippen molar-refractivity contribution in [2.24, 2.45) is 0 Å². The van der Waals surface area contributed by atoms with Crippen LogP contribution < -0.4 is 5.32 Å². The van der Waals surface area contributed by atoms with E-state index in [1.54, 1.807) is 0 Å². The van der Waals surface area contributed by atoms with Crippen molar-refractivity contribution in [2.45, 2.75) is 38.6 Å². The van der Waals surface area contributed by atoms with Crippen molar-refractivity contribution in [2.75, 3.05) is 43.0 Å². The number of benzene rings is 1. The van der Waals surface area contributed by atoms with E-state index in [4.69, 9.17) is 0 Å². The van der Waals surface area contributed by atoms with E-state index in [1.165, 1.54) is 0 Å². The van der Waals surface area contributed by atoms with Gasteiger partial charge in [0.25, 0.3) is 0 Å². The zero-order valence-electron chi connectivity index (χ0n) is 15.9. The molecule has 1 unspecified atom stereocenters. The fraction of sp³-hybridized carbons (Fsp3) is 0.632. The highest BCUT2D eigenvalue weighted by Gasteiger charge is 2.34. The predicted molar refractivity (Wildman–Crippen MR) is 104 cm³/mol. The van der Waals surface area contributed by atoms with Crippen LogP contribution >= 0.6 is 0 Å². The van der Waals surface area contributed by atoms with E-state index < -0.39 is 9.84 Å². The van der Waals surface area contributed by atoms with Gasteiger partial charge in [-0.25, -0.2) is 13.2 Å². The van der Waals surface area contributed by atoms with E-state index in [1.807, 2.05) is 29.2 Å². The van der Waals surface area contributed by atoms with Gasteiger partial charge in [-0.15, -0.1) is 0 Å². The number of hydrogen-bond acceptors (Lipinski definition) is 4. The van der Waals surface area contributed by atoms with Crippen molar-refractivity contribution >= 4 is 21.6 Å². The molecule has 7 heteroatoms. The Morgan fingerprint density at radius 3 is 2.35 bits per heavy atom. The average molecular weight is 380 g/mol. The smallest absolute Gasteiger partial charge is 0.321 e. The first kappa shape index (κ1) is 19.2. The fourth-order valence-corrected chi connectivity index (χ4v) is 5.56. The Morgan fingerprint density at radius 2 is 1.77 bits per heavy atom. The van der Waals surface area contributed by atoms with Gasteiger partial charge in [-0.05, 0) is 23.5 Å². The number of rotatable bonds is 2. The second-order valence-corrected chi connectivity index (χ2v) is 10.5. The monoisotopic (exact) mass is 379 g/mol. The summed E-state index contributed by atoms with van der Waals surface area (Å²) in [6, 6.07) is 7.95. The van der Waals surface area contributed by atoms with Crippen molar-refractivity contribution in [3.05, 3.63) is 29.8 Å². The van der Waals surface area contributed by atoms with E-state index in [0.717, 1.165) is 24.3 Å². The van der Waals surface area contributed by atoms with E-state index in [2.05, 4.69) is 31.0 Å². The third-order valence-corrected chi connectivity index (χ3v) is 7.05. The van der Waals surface area contributed by atoms with Crippen LogP contribution in [0.2, 0.25) is 0 Å². The molecule has 2 amide bonds. The summed E-state index contributed by atoms with van der Waals surface area (Å²) in [5.41, 5.74) is 1.92. The van der Waals surface area contributed by atoms with E-state index in [-0.39, 0.29) is 23.2 Å². The highest BCUT2D eigenvalue weighted by molar-refractivity contribution is 7.91. The number of piperazine rings is 1. The molecule has 1 N–H and O–H groups in total. The highest BCUT2D eigenvalue weighted by atomic mass is 32.2. The van der Waals surface area contributed by atoms with Gasteiger partial charge in [0, 0.05) is 37.9 Å². The van der Waals surface area contributed by atoms with Gasteiger partial charge >= 0.3 is 6.03 Å². The quantitative estimate of drug-likeness (QED) is 0.856. The lowest BCUT2D eigenvalue weighted by Gasteiger charge is -2.37. The van der Waals surface area contributed by atoms with Gasteiger partial charge in [-0.2, -0.15) is 0 Å². The predicted octanol–water partition coefficient (Wildman–Crippen LogP) is 2.32. The summed E-state index contributed by atoms with van der Waals surface area (Å²) in [6.07, 6.45) is 0.716. The molecule has 2 heterocycles. The minimum absolute atomic E-state index is 0.0451. The zero-order chi connectivity index (χ0) is 18.9. The van der Waals surface area contributed by atoms with Gasteiger partial charge in [0.1, 0.15) is 0 Å². The van der Waals surface area contributed by atoms with Crippen molar-refractivity contribution in [3.63, 3.8) is 0 Å². The molecular weight excluding hydrogens is 350 g/mol. The lowest BCUT2D eigenvalue weighted by Crippen LogP contribution is -2.53. The molecule has 0 aromatic heterocycles. The molecular formula is C19H29N3O3S. The standard InChI is InChI=1S/C19H29N3O3S/c1-19(2,3)16-6-4-5-7-17(16)20-18(23)22-11-9-21(10-12-22)15-8-13-26(24,25)14-15/h4-7,15H,8-14H2,1-3H3,(H,20,23). The Labute approximate surface area is 156 Å². The molecule has 0 bridgehead atoms. The Hall–Kier alpha value is -1.60. The normalized spacial score (nSPS) is 23.8. The van der Waals surface area contributed by atoms with E-state index >= 15 is 0 Å². The largest absolute Gasteiger partial charge is 0.322 e. The maximum Gasteiger partial charge on any atom is 0.321 e. The number of carbonyl (C=O) groups excluding carboxylic acids is 1. The van der Waals surface area contributed by atoms with Crippen LogP contribution in [0.15, 0.2) is 24.3 Å². The number of urea groups is 1. The number of para-hydroxylation sites is 1. The van der Waals surface area contributed by atoms with Crippen LogP contribution in [0.4, 0.5) is 10.5 Å². The zero-order valence-corrected chi connectivity index (χ0v) is 16.7. The lowest BCUT2D eigenvalue weighted by atomic mass is 9.86. The van der Waals surface area contributed by atoms with Crippen LogP contribution in [-0.2, 0) is 15.3 Å². The molecule has 6 nitrogen and oxygen atoms in total. The SMILES string of the molecule is CC(C)(C)c1ccccc1NC(=O)N1CCN(C2CCS(=O)(=O)C2)CC1. The molecule has 2 aliphatic rings. The molecule has 26 heavy (non-hydrogen) atoms. The number of hydrogen-bond donors (Lipinski definition) is 1. The summed E-state index contributed by atoms with van der Waals surface area (Å²) >= 11 is 0. The molecule has 1 aromatic rings. The van der Waals surface area contributed by atoms with E-state index in [0.29, 0.717) is 25.3 Å². The number of nitrogens with one attached hydrogen (secondary N) is 1. The van der Waals surface area contributed by atoms with Gasteiger partial charge in [0.2, 0.25) is 0 Å². The molecule has 0 radical (unpaired) electrons. The number of amides is 2. The van der Waals surface area contributed by atoms with Crippen LogP contribution in [0.3, 0.4) is 0 Å². The maximum absolute atomic E-state index is 12.7. The Morgan fingerprint density at radius 1 is 1.12 bits per heavy atom. The van der Waals surface area contributed by atoms with Gasteiger partial charge in [-0.1, -0.05) is 39.0 Å². The van der Waals surface area contributed by atoms with Crippen molar-refractivity contribution in [1.82, 2.24) is 9.80 Å². The summed E-state index contributed by atoms with van der Waals surface area (Å²) in [4.78, 5) is 16.7. The van der Waals surface area contributed by atoms with Crippen LogP contribution in [0, 0.1) is 0 Å². The van der Waals surface area contributed by atoms with Crippen LogP contribution in [0.25, 0.3) is 0 Å². The number of sulfone groups is 1. The molecule has 2 aliphatic heterocycles. The Bertz CT molecular complexity index is 762. The van der Waals surface area contributed by atoms with Gasteiger partial charge in [0.05, 0.1) is 11.5 Å². The number of carbonyl (C=O) groups is 1. The summed E-state index contributed by atoms with van der Waals surface area (Å²) in [7, 11) is -2.87. The molecule has 0 saturated carbocycles. The average Bonchev–Trinajstić information content (AvgIpc) is 2.94. The fourth-order valence-electron chi connectivity index (χ4n) is 3.79. The molecule has 2 saturated heterocycles. The van der Waals surface area contributed by atoms with Gasteiger partial charge in [0.15, 0.2) is 9.84 Å². The molecule has 0 aliphatic carbocycles. The number of anilines is 1. The van der Waals surface area contributed by atoms with Gasteiger partial charge < -0.3 is 10.2 Å². The molecule has 0 spiro atoms. The summed E-state index contributed by atoms with van der Waals surface area (Å²) in [6.45, 7) is 9.11. The highest BCUT2D eigenvalue weighted by Crippen LogP contribution is 2.29. The Kier molecular flexibility index (Phi) is 5.30. The minimum atomic E-state index is -2.87. The first-order valence-electron chi connectivity index (χ1n) is 9.26. The number of nitrogens with zero attached hydrogens (tertiary/aromatic N) is 2. The van der Waals surface area contributed by atoms with Crippen LogP contribution in [0.5, 0.6) is 0 Å². The van der Waals surface area contributed by atoms with E-state index in [9.17, 15) is 13.2 Å². The molecule has 1 aromatic carbocycles. The lowest BCUT2D eigenvalue weighted by molar-refractivity contribution is 0.121. The van der Waals surface area contributed by atoms with Crippen LogP contribution in [0.1, 0.15) is 32.8 Å². The molecule has 1 atom stereocenters. The Balaban J connectivity index is 1.58. The third kappa shape index (κ3) is 4.38. The second-order valence-electron chi connectivity index (χ2n) is 8.31. The minimum Gasteiger partial charge on any atom is -0.322 e. The van der Waals surface area contributed by atoms with Crippen LogP contribution in [-0.4, -0.2) is 68.0 Å². The summed E-state index contributed by atoms with van der Waals surface area (Å²) < 4.78 is 23.3.